The first-order chi connectivity index (χ1) is 14.7. The molecule has 0 spiro atoms. The fourth-order valence-corrected chi connectivity index (χ4v) is 3.71. The van der Waals surface area contributed by atoms with Crippen LogP contribution in [0.2, 0.25) is 0 Å². The van der Waals surface area contributed by atoms with Crippen molar-refractivity contribution in [1.29, 1.82) is 0 Å². The molecule has 0 bridgehead atoms. The molecule has 0 aliphatic carbocycles. The van der Waals surface area contributed by atoms with Gasteiger partial charge in [-0.1, -0.05) is 23.8 Å². The van der Waals surface area contributed by atoms with E-state index in [1.807, 2.05) is 26.8 Å². The number of para-hydroxylation sites is 1. The first-order valence-corrected chi connectivity index (χ1v) is 9.75. The van der Waals surface area contributed by atoms with Gasteiger partial charge < -0.3 is 5.32 Å². The highest BCUT2D eigenvalue weighted by Gasteiger charge is 2.21. The van der Waals surface area contributed by atoms with Crippen LogP contribution in [-0.4, -0.2) is 25.6 Å². The lowest BCUT2D eigenvalue weighted by atomic mass is 10.0. The fourth-order valence-electron chi connectivity index (χ4n) is 3.71. The minimum Gasteiger partial charge on any atom is -0.306 e. The number of benzene rings is 2. The van der Waals surface area contributed by atoms with E-state index in [2.05, 4.69) is 22.5 Å². The Bertz CT molecular complexity index is 1360. The zero-order valence-corrected chi connectivity index (χ0v) is 17.6. The van der Waals surface area contributed by atoms with Gasteiger partial charge in [0.25, 0.3) is 11.6 Å². The van der Waals surface area contributed by atoms with Crippen molar-refractivity contribution in [1.82, 2.24) is 14.8 Å². The summed E-state index contributed by atoms with van der Waals surface area (Å²) < 4.78 is 1.55. The number of nitro groups is 1. The fraction of sp³-hybridized carbons (Fsp3) is 0.174. The Labute approximate surface area is 178 Å². The maximum Gasteiger partial charge on any atom is 0.282 e. The molecule has 0 atom stereocenters. The Morgan fingerprint density at radius 2 is 1.77 bits per heavy atom. The number of nitro benzene ring substituents is 1. The maximum atomic E-state index is 12.8. The molecule has 2 heterocycles. The van der Waals surface area contributed by atoms with Gasteiger partial charge in [-0.25, -0.2) is 4.98 Å². The summed E-state index contributed by atoms with van der Waals surface area (Å²) in [5, 5.41) is 19.6. The summed E-state index contributed by atoms with van der Waals surface area (Å²) in [5.74, 6) is 0.359. The van der Waals surface area contributed by atoms with E-state index in [4.69, 9.17) is 4.98 Å². The maximum absolute atomic E-state index is 12.8. The number of nitrogens with one attached hydrogen (secondary N) is 1. The van der Waals surface area contributed by atoms with Gasteiger partial charge in [0.15, 0.2) is 5.82 Å². The van der Waals surface area contributed by atoms with Crippen LogP contribution in [0.15, 0.2) is 48.5 Å². The van der Waals surface area contributed by atoms with Crippen molar-refractivity contribution in [3.8, 4) is 5.82 Å². The molecule has 4 aromatic rings. The number of nitrogens with zero attached hydrogens (tertiary/aromatic N) is 4. The van der Waals surface area contributed by atoms with Gasteiger partial charge in [0, 0.05) is 17.5 Å². The topological polar surface area (TPSA) is 103 Å². The Kier molecular flexibility index (Phi) is 4.98. The van der Waals surface area contributed by atoms with Gasteiger partial charge in [-0.15, -0.1) is 0 Å². The number of carbonyl (C=O) groups is 1. The molecule has 8 nitrogen and oxygen atoms in total. The van der Waals surface area contributed by atoms with Gasteiger partial charge in [-0.2, -0.15) is 9.78 Å². The van der Waals surface area contributed by atoms with Crippen LogP contribution in [0.1, 0.15) is 32.7 Å². The van der Waals surface area contributed by atoms with E-state index in [1.54, 1.807) is 23.7 Å². The van der Waals surface area contributed by atoms with E-state index < -0.39 is 10.8 Å². The molecule has 0 aliphatic rings. The lowest BCUT2D eigenvalue weighted by Gasteiger charge is -2.12. The number of aromatic nitrogens is 3. The minimum absolute atomic E-state index is 0.0214. The molecule has 2 aromatic heterocycles. The lowest BCUT2D eigenvalue weighted by molar-refractivity contribution is -0.385. The van der Waals surface area contributed by atoms with Gasteiger partial charge in [0.1, 0.15) is 11.4 Å². The van der Waals surface area contributed by atoms with Crippen LogP contribution in [-0.2, 0) is 0 Å². The average Bonchev–Trinajstić information content (AvgIpc) is 3.08. The number of fused-ring (bicyclic) bond motifs is 1. The Balaban J connectivity index is 1.78. The van der Waals surface area contributed by atoms with Gasteiger partial charge in [0.05, 0.1) is 16.1 Å². The van der Waals surface area contributed by atoms with Crippen LogP contribution in [0.5, 0.6) is 0 Å². The molecule has 0 aliphatic heterocycles. The van der Waals surface area contributed by atoms with E-state index >= 15 is 0 Å². The van der Waals surface area contributed by atoms with E-state index in [0.717, 1.165) is 27.6 Å². The summed E-state index contributed by atoms with van der Waals surface area (Å²) >= 11 is 0. The average molecular weight is 415 g/mol. The van der Waals surface area contributed by atoms with E-state index in [-0.39, 0.29) is 11.3 Å². The number of rotatable bonds is 4. The number of aryl methyl sites for hydroxylation is 4. The van der Waals surface area contributed by atoms with Crippen molar-refractivity contribution in [2.75, 3.05) is 5.32 Å². The zero-order chi connectivity index (χ0) is 22.3. The standard InChI is InChI=1S/C23H21N5O3/c1-13-9-15(3)22-18(10-13)14(2)11-20(24-22)27-21(12-16(4)26-27)25-23(29)17-7-5-6-8-19(17)28(30)31/h5-12H,1-4H3,(H,25,29). The molecule has 1 N–H and O–H groups in total. The number of anilines is 1. The van der Waals surface area contributed by atoms with Gasteiger partial charge in [-0.3, -0.25) is 14.9 Å². The summed E-state index contributed by atoms with van der Waals surface area (Å²) in [6, 6.07) is 13.6. The predicted molar refractivity (Wildman–Crippen MR) is 119 cm³/mol. The highest BCUT2D eigenvalue weighted by atomic mass is 16.6. The number of pyridine rings is 1. The van der Waals surface area contributed by atoms with Crippen molar-refractivity contribution in [2.45, 2.75) is 27.7 Å². The first kappa shape index (κ1) is 20.2. The highest BCUT2D eigenvalue weighted by molar-refractivity contribution is 6.06. The van der Waals surface area contributed by atoms with Crippen LogP contribution in [0, 0.1) is 37.8 Å². The van der Waals surface area contributed by atoms with Crippen LogP contribution in [0.3, 0.4) is 0 Å². The number of carbonyl (C=O) groups excluding carboxylic acids is 1. The second-order valence-electron chi connectivity index (χ2n) is 7.59. The molecule has 0 saturated heterocycles. The van der Waals surface area contributed by atoms with Gasteiger partial charge >= 0.3 is 0 Å². The normalized spacial score (nSPS) is 11.0. The van der Waals surface area contributed by atoms with Crippen LogP contribution < -0.4 is 5.32 Å². The van der Waals surface area contributed by atoms with Crippen LogP contribution in [0.4, 0.5) is 11.5 Å². The second-order valence-corrected chi connectivity index (χ2v) is 7.59. The molecule has 31 heavy (non-hydrogen) atoms. The molecule has 0 saturated carbocycles. The molecule has 8 heteroatoms. The minimum atomic E-state index is -0.585. The predicted octanol–water partition coefficient (Wildman–Crippen LogP) is 4.81. The number of hydrogen-bond acceptors (Lipinski definition) is 5. The largest absolute Gasteiger partial charge is 0.306 e. The summed E-state index contributed by atoms with van der Waals surface area (Å²) in [6.45, 7) is 7.87. The molecule has 0 fully saturated rings. The van der Waals surface area contributed by atoms with Crippen LogP contribution in [0.25, 0.3) is 16.7 Å². The number of hydrogen-bond donors (Lipinski definition) is 1. The third kappa shape index (κ3) is 3.75. The first-order valence-electron chi connectivity index (χ1n) is 9.75. The van der Waals surface area contributed by atoms with E-state index in [0.29, 0.717) is 17.3 Å². The van der Waals surface area contributed by atoms with Crippen molar-refractivity contribution in [3.63, 3.8) is 0 Å². The monoisotopic (exact) mass is 415 g/mol. The SMILES string of the molecule is Cc1cc(C)c2nc(-n3nc(C)cc3NC(=O)c3ccccc3[N+](=O)[O-])cc(C)c2c1. The van der Waals surface area contributed by atoms with Crippen molar-refractivity contribution < 1.29 is 9.72 Å². The number of amides is 1. The quantitative estimate of drug-likeness (QED) is 0.380. The summed E-state index contributed by atoms with van der Waals surface area (Å²) in [4.78, 5) is 28.3. The Morgan fingerprint density at radius 1 is 1.03 bits per heavy atom. The van der Waals surface area contributed by atoms with Crippen molar-refractivity contribution >= 4 is 28.3 Å². The highest BCUT2D eigenvalue weighted by Crippen LogP contribution is 2.26. The van der Waals surface area contributed by atoms with E-state index in [9.17, 15) is 14.9 Å². The smallest absolute Gasteiger partial charge is 0.282 e. The van der Waals surface area contributed by atoms with Crippen molar-refractivity contribution in [3.05, 3.63) is 86.6 Å². The molecule has 0 unspecified atom stereocenters. The molecule has 2 aromatic carbocycles. The molecule has 156 valence electrons. The summed E-state index contributed by atoms with van der Waals surface area (Å²) in [6.07, 6.45) is 0. The summed E-state index contributed by atoms with van der Waals surface area (Å²) in [5.41, 5.74) is 4.52. The van der Waals surface area contributed by atoms with Crippen LogP contribution >= 0.6 is 0 Å². The Hall–Kier alpha value is -4.07. The Morgan fingerprint density at radius 3 is 2.52 bits per heavy atom. The third-order valence-electron chi connectivity index (χ3n) is 5.08. The molecular weight excluding hydrogens is 394 g/mol. The lowest BCUT2D eigenvalue weighted by Crippen LogP contribution is -2.17. The summed E-state index contributed by atoms with van der Waals surface area (Å²) in [7, 11) is 0. The molecule has 4 rings (SSSR count). The molecule has 0 radical (unpaired) electrons. The molecular formula is C23H21N5O3. The van der Waals surface area contributed by atoms with Gasteiger partial charge in [-0.05, 0) is 57.0 Å². The molecule has 1 amide bonds. The van der Waals surface area contributed by atoms with Crippen molar-refractivity contribution in [2.24, 2.45) is 0 Å². The van der Waals surface area contributed by atoms with E-state index in [1.165, 1.54) is 18.2 Å². The third-order valence-corrected chi connectivity index (χ3v) is 5.08. The van der Waals surface area contributed by atoms with Gasteiger partial charge in [0.2, 0.25) is 0 Å². The zero-order valence-electron chi connectivity index (χ0n) is 17.6. The second kappa shape index (κ2) is 7.64.